The Balaban J connectivity index is 4.47. The van der Waals surface area contributed by atoms with Gasteiger partial charge in [-0.2, -0.15) is 0 Å². The van der Waals surface area contributed by atoms with Gasteiger partial charge in [0.15, 0.2) is 0 Å². The number of carbonyl (C=O) groups excluding carboxylic acids is 3. The van der Waals surface area contributed by atoms with Gasteiger partial charge in [0.1, 0.15) is 6.61 Å². The largest absolute Gasteiger partial charge is 0.466 e. The van der Waals surface area contributed by atoms with Crippen LogP contribution >= 0.6 is 34.8 Å². The van der Waals surface area contributed by atoms with Crippen LogP contribution in [-0.2, 0) is 28.6 Å². The number of halogens is 3. The van der Waals surface area contributed by atoms with Gasteiger partial charge in [-0.05, 0) is 0 Å². The van der Waals surface area contributed by atoms with Gasteiger partial charge >= 0.3 is 17.9 Å². The molecule has 0 rings (SSSR count). The molecule has 0 aliphatic heterocycles. The Kier molecular flexibility index (Phi) is 9.12. The Morgan fingerprint density at radius 1 is 1.05 bits per heavy atom. The van der Waals surface area contributed by atoms with Crippen molar-refractivity contribution in [2.24, 2.45) is 11.8 Å². The molecule has 0 spiro atoms. The molecular weight excluding hydrogens is 358 g/mol. The lowest BCUT2D eigenvalue weighted by atomic mass is 10.1. The van der Waals surface area contributed by atoms with E-state index in [4.69, 9.17) is 44.3 Å². The quantitative estimate of drug-likeness (QED) is 0.385. The summed E-state index contributed by atoms with van der Waals surface area (Å²) < 4.78 is 12.6. The zero-order chi connectivity index (χ0) is 17.5. The zero-order valence-corrected chi connectivity index (χ0v) is 15.0. The molecule has 0 heterocycles. The van der Waals surface area contributed by atoms with Gasteiger partial charge in [0.2, 0.25) is 9.90 Å². The van der Waals surface area contributed by atoms with Crippen molar-refractivity contribution < 1.29 is 28.6 Å². The Bertz CT molecular complexity index is 405. The summed E-state index contributed by atoms with van der Waals surface area (Å²) in [5.41, 5.74) is 0. The maximum atomic E-state index is 11.9. The van der Waals surface area contributed by atoms with E-state index in [-0.39, 0.29) is 12.3 Å². The predicted octanol–water partition coefficient (Wildman–Crippen LogP) is 2.67. The third-order valence-electron chi connectivity index (χ3n) is 2.55. The molecule has 0 aliphatic rings. The molecule has 6 nitrogen and oxygen atoms in total. The molecule has 0 saturated carbocycles. The molecule has 0 N–H and O–H groups in total. The van der Waals surface area contributed by atoms with Crippen molar-refractivity contribution in [3.05, 3.63) is 0 Å². The van der Waals surface area contributed by atoms with E-state index >= 15 is 0 Å². The lowest BCUT2D eigenvalue weighted by Gasteiger charge is -2.21. The molecule has 0 radical (unpaired) electrons. The van der Waals surface area contributed by atoms with E-state index in [0.29, 0.717) is 0 Å². The molecule has 0 bridgehead atoms. The highest BCUT2D eigenvalue weighted by atomic mass is 35.6. The van der Waals surface area contributed by atoms with Crippen LogP contribution in [0.15, 0.2) is 0 Å². The minimum absolute atomic E-state index is 0.258. The summed E-state index contributed by atoms with van der Waals surface area (Å²) in [4.78, 5) is 34.9. The number of esters is 3. The predicted molar refractivity (Wildman–Crippen MR) is 81.8 cm³/mol. The lowest BCUT2D eigenvalue weighted by Crippen LogP contribution is -2.35. The van der Waals surface area contributed by atoms with Crippen molar-refractivity contribution in [2.75, 3.05) is 13.7 Å². The Hall–Kier alpha value is -0.720. The van der Waals surface area contributed by atoms with Gasteiger partial charge in [-0.3, -0.25) is 9.59 Å². The van der Waals surface area contributed by atoms with Crippen molar-refractivity contribution in [1.29, 1.82) is 0 Å². The van der Waals surface area contributed by atoms with E-state index in [9.17, 15) is 14.4 Å². The van der Waals surface area contributed by atoms with Gasteiger partial charge in [0.25, 0.3) is 0 Å². The van der Waals surface area contributed by atoms with Crippen LogP contribution in [0.25, 0.3) is 0 Å². The molecule has 2 unspecified atom stereocenters. The summed E-state index contributed by atoms with van der Waals surface area (Å²) in [6.45, 7) is 4.45. The summed E-state index contributed by atoms with van der Waals surface area (Å²) in [6, 6.07) is 0. The van der Waals surface area contributed by atoms with Crippen molar-refractivity contribution in [2.45, 2.75) is 37.1 Å². The summed E-state index contributed by atoms with van der Waals surface area (Å²) in [7, 11) is 1.20. The van der Waals surface area contributed by atoms with Crippen LogP contribution in [0.3, 0.4) is 0 Å². The lowest BCUT2D eigenvalue weighted by molar-refractivity contribution is -0.172. The third kappa shape index (κ3) is 8.66. The average molecular weight is 378 g/mol. The second-order valence-electron chi connectivity index (χ2n) is 5.01. The molecule has 0 aromatic rings. The SMILES string of the molecule is COC(=O)C(OC(=O)C(C)CC(=O)OCC(Cl)(Cl)Cl)C(C)C. The summed E-state index contributed by atoms with van der Waals surface area (Å²) in [6.07, 6.45) is -1.29. The standard InChI is InChI=1S/C13H19Cl3O6/c1-7(2)10(12(19)20-4)22-11(18)8(3)5-9(17)21-6-13(14,15)16/h7-8,10H,5-6H2,1-4H3. The van der Waals surface area contributed by atoms with Gasteiger partial charge in [0, 0.05) is 5.92 Å². The number of alkyl halides is 3. The number of rotatable bonds is 7. The molecule has 22 heavy (non-hydrogen) atoms. The maximum Gasteiger partial charge on any atom is 0.347 e. The summed E-state index contributed by atoms with van der Waals surface area (Å²) in [5.74, 6) is -3.16. The second-order valence-corrected chi connectivity index (χ2v) is 7.52. The smallest absolute Gasteiger partial charge is 0.347 e. The first-order chi connectivity index (χ1) is 9.97. The zero-order valence-electron chi connectivity index (χ0n) is 12.7. The highest BCUT2D eigenvalue weighted by molar-refractivity contribution is 6.67. The van der Waals surface area contributed by atoms with Crippen molar-refractivity contribution in [3.63, 3.8) is 0 Å². The van der Waals surface area contributed by atoms with E-state index in [1.807, 2.05) is 0 Å². The first-order valence-electron chi connectivity index (χ1n) is 6.48. The Morgan fingerprint density at radius 2 is 1.59 bits per heavy atom. The molecule has 0 aliphatic carbocycles. The summed E-state index contributed by atoms with van der Waals surface area (Å²) >= 11 is 16.3. The molecule has 0 amide bonds. The van der Waals surface area contributed by atoms with Crippen molar-refractivity contribution in [3.8, 4) is 0 Å². The van der Waals surface area contributed by atoms with E-state index in [1.54, 1.807) is 13.8 Å². The van der Waals surface area contributed by atoms with Gasteiger partial charge in [0.05, 0.1) is 19.4 Å². The van der Waals surface area contributed by atoms with Crippen molar-refractivity contribution in [1.82, 2.24) is 0 Å². The van der Waals surface area contributed by atoms with Gasteiger partial charge in [-0.25, -0.2) is 4.79 Å². The van der Waals surface area contributed by atoms with E-state index < -0.39 is 40.3 Å². The maximum absolute atomic E-state index is 11.9. The Labute approximate surface area is 144 Å². The molecule has 9 heteroatoms. The van der Waals surface area contributed by atoms with Crippen LogP contribution in [0.4, 0.5) is 0 Å². The Morgan fingerprint density at radius 3 is 2.00 bits per heavy atom. The fourth-order valence-corrected chi connectivity index (χ4v) is 1.53. The summed E-state index contributed by atoms with van der Waals surface area (Å²) in [5, 5.41) is 0. The first kappa shape index (κ1) is 21.3. The number of ether oxygens (including phenoxy) is 3. The number of carbonyl (C=O) groups is 3. The van der Waals surface area contributed by atoms with Crippen LogP contribution < -0.4 is 0 Å². The second kappa shape index (κ2) is 9.43. The van der Waals surface area contributed by atoms with Crippen LogP contribution in [0.2, 0.25) is 0 Å². The van der Waals surface area contributed by atoms with E-state index in [1.165, 1.54) is 14.0 Å². The average Bonchev–Trinajstić information content (AvgIpc) is 2.40. The molecule has 128 valence electrons. The van der Waals surface area contributed by atoms with Gasteiger partial charge < -0.3 is 14.2 Å². The monoisotopic (exact) mass is 376 g/mol. The van der Waals surface area contributed by atoms with Crippen LogP contribution in [-0.4, -0.2) is 41.5 Å². The molecule has 0 fully saturated rings. The highest BCUT2D eigenvalue weighted by Crippen LogP contribution is 2.26. The topological polar surface area (TPSA) is 78.9 Å². The minimum Gasteiger partial charge on any atom is -0.466 e. The number of methoxy groups -OCH3 is 1. The number of hydrogen-bond donors (Lipinski definition) is 0. The van der Waals surface area contributed by atoms with Crippen LogP contribution in [0.1, 0.15) is 27.2 Å². The normalized spacial score (nSPS) is 14.2. The molecular formula is C13H19Cl3O6. The number of hydrogen-bond acceptors (Lipinski definition) is 6. The molecule has 2 atom stereocenters. The molecule has 0 saturated heterocycles. The molecule has 0 aromatic heterocycles. The van der Waals surface area contributed by atoms with E-state index in [0.717, 1.165) is 0 Å². The van der Waals surface area contributed by atoms with Gasteiger partial charge in [-0.15, -0.1) is 0 Å². The fraction of sp³-hybridized carbons (Fsp3) is 0.769. The van der Waals surface area contributed by atoms with Crippen molar-refractivity contribution >= 4 is 52.7 Å². The molecule has 0 aromatic carbocycles. The van der Waals surface area contributed by atoms with Crippen LogP contribution in [0, 0.1) is 11.8 Å². The first-order valence-corrected chi connectivity index (χ1v) is 7.62. The fourth-order valence-electron chi connectivity index (χ4n) is 1.37. The van der Waals surface area contributed by atoms with E-state index in [2.05, 4.69) is 4.74 Å². The highest BCUT2D eigenvalue weighted by Gasteiger charge is 2.30. The van der Waals surface area contributed by atoms with Gasteiger partial charge in [-0.1, -0.05) is 55.6 Å². The minimum atomic E-state index is -1.72. The van der Waals surface area contributed by atoms with Crippen LogP contribution in [0.5, 0.6) is 0 Å². The third-order valence-corrected chi connectivity index (χ3v) is 2.88.